The Morgan fingerprint density at radius 2 is 2.38 bits per heavy atom. The number of ether oxygens (including phenoxy) is 1. The van der Waals surface area contributed by atoms with Crippen molar-refractivity contribution in [2.75, 3.05) is 5.32 Å². The molecule has 0 spiro atoms. The van der Waals surface area contributed by atoms with Crippen molar-refractivity contribution in [1.29, 1.82) is 0 Å². The molecular formula is C11H12ClNO3. The molecule has 0 saturated heterocycles. The summed E-state index contributed by atoms with van der Waals surface area (Å²) in [4.78, 5) is 10.7. The summed E-state index contributed by atoms with van der Waals surface area (Å²) < 4.78 is 5.61. The predicted molar refractivity (Wildman–Crippen MR) is 61.2 cm³/mol. The van der Waals surface area contributed by atoms with Gasteiger partial charge in [-0.2, -0.15) is 0 Å². The second-order valence-electron chi connectivity index (χ2n) is 3.83. The van der Waals surface area contributed by atoms with E-state index < -0.39 is 5.97 Å². The summed E-state index contributed by atoms with van der Waals surface area (Å²) in [7, 11) is 0. The largest absolute Gasteiger partial charge is 0.486 e. The number of halogens is 1. The van der Waals surface area contributed by atoms with Gasteiger partial charge < -0.3 is 15.2 Å². The number of benzene rings is 1. The van der Waals surface area contributed by atoms with Crippen molar-refractivity contribution < 1.29 is 14.6 Å². The van der Waals surface area contributed by atoms with Crippen molar-refractivity contribution in [3.8, 4) is 5.75 Å². The number of fused-ring (bicyclic) bond motifs is 1. The smallest absolute Gasteiger partial charge is 0.307 e. The van der Waals surface area contributed by atoms with Crippen LogP contribution < -0.4 is 10.1 Å². The Balaban J connectivity index is 2.21. The molecule has 2 rings (SSSR count). The standard InChI is InChI=1S/C11H12ClNO3/c1-6-10(5-11(14)15)16-9-3-2-7(12)4-8(9)13-6/h2-4,6,10,13H,5H2,1H3,(H,14,15). The molecule has 86 valence electrons. The number of carbonyl (C=O) groups is 1. The molecule has 0 aromatic heterocycles. The Hall–Kier alpha value is -1.42. The van der Waals surface area contributed by atoms with Crippen molar-refractivity contribution in [1.82, 2.24) is 0 Å². The Morgan fingerprint density at radius 1 is 1.62 bits per heavy atom. The Labute approximate surface area is 98.2 Å². The van der Waals surface area contributed by atoms with Crippen LogP contribution in [0.3, 0.4) is 0 Å². The number of carboxylic acid groups (broad SMARTS) is 1. The number of nitrogens with one attached hydrogen (secondary N) is 1. The molecule has 2 N–H and O–H groups in total. The number of aliphatic carboxylic acids is 1. The highest BCUT2D eigenvalue weighted by atomic mass is 35.5. The fourth-order valence-corrected chi connectivity index (χ4v) is 1.88. The first-order valence-electron chi connectivity index (χ1n) is 5.01. The molecule has 1 aromatic rings. The summed E-state index contributed by atoms with van der Waals surface area (Å²) >= 11 is 5.86. The average molecular weight is 242 g/mol. The van der Waals surface area contributed by atoms with Crippen molar-refractivity contribution in [3.63, 3.8) is 0 Å². The lowest BCUT2D eigenvalue weighted by Gasteiger charge is -2.32. The molecule has 2 unspecified atom stereocenters. The lowest BCUT2D eigenvalue weighted by Crippen LogP contribution is -2.40. The third-order valence-corrected chi connectivity index (χ3v) is 2.77. The minimum absolute atomic E-state index is 0.0176. The van der Waals surface area contributed by atoms with E-state index in [2.05, 4.69) is 5.32 Å². The van der Waals surface area contributed by atoms with E-state index in [9.17, 15) is 4.79 Å². The van der Waals surface area contributed by atoms with Gasteiger partial charge in [-0.25, -0.2) is 0 Å². The normalized spacial score (nSPS) is 22.9. The van der Waals surface area contributed by atoms with Crippen LogP contribution in [0.1, 0.15) is 13.3 Å². The number of rotatable bonds is 2. The lowest BCUT2D eigenvalue weighted by molar-refractivity contribution is -0.139. The minimum atomic E-state index is -0.865. The van der Waals surface area contributed by atoms with Gasteiger partial charge >= 0.3 is 5.97 Å². The molecular weight excluding hydrogens is 230 g/mol. The van der Waals surface area contributed by atoms with Crippen LogP contribution in [0, 0.1) is 0 Å². The van der Waals surface area contributed by atoms with Crippen LogP contribution in [0.5, 0.6) is 5.75 Å². The average Bonchev–Trinajstić information content (AvgIpc) is 2.19. The highest BCUT2D eigenvalue weighted by Crippen LogP contribution is 2.34. The molecule has 16 heavy (non-hydrogen) atoms. The molecule has 1 aromatic carbocycles. The van der Waals surface area contributed by atoms with Gasteiger partial charge in [-0.05, 0) is 25.1 Å². The van der Waals surface area contributed by atoms with Gasteiger partial charge in [-0.3, -0.25) is 4.79 Å². The van der Waals surface area contributed by atoms with Gasteiger partial charge in [-0.15, -0.1) is 0 Å². The molecule has 1 aliphatic rings. The molecule has 0 aliphatic carbocycles. The quantitative estimate of drug-likeness (QED) is 0.835. The third kappa shape index (κ3) is 2.22. The zero-order chi connectivity index (χ0) is 11.7. The first-order chi connectivity index (χ1) is 7.56. The van der Waals surface area contributed by atoms with Crippen LogP contribution >= 0.6 is 11.6 Å². The number of hydrogen-bond donors (Lipinski definition) is 2. The summed E-state index contributed by atoms with van der Waals surface area (Å²) in [5.74, 6) is -0.218. The molecule has 0 fully saturated rings. The zero-order valence-electron chi connectivity index (χ0n) is 8.74. The van der Waals surface area contributed by atoms with Gasteiger partial charge in [0.05, 0.1) is 18.2 Å². The van der Waals surface area contributed by atoms with Gasteiger partial charge in [0.1, 0.15) is 11.9 Å². The van der Waals surface area contributed by atoms with E-state index in [0.29, 0.717) is 10.8 Å². The number of anilines is 1. The van der Waals surface area contributed by atoms with Crippen LogP contribution in [0.4, 0.5) is 5.69 Å². The second-order valence-corrected chi connectivity index (χ2v) is 4.26. The molecule has 4 nitrogen and oxygen atoms in total. The Kier molecular flexibility index (Phi) is 2.92. The van der Waals surface area contributed by atoms with Gasteiger partial charge in [0.25, 0.3) is 0 Å². The maximum absolute atomic E-state index is 10.7. The van der Waals surface area contributed by atoms with Gasteiger partial charge in [0.2, 0.25) is 0 Å². The summed E-state index contributed by atoms with van der Waals surface area (Å²) in [5, 5.41) is 12.6. The van der Waals surface area contributed by atoms with Crippen molar-refractivity contribution in [3.05, 3.63) is 23.2 Å². The fraction of sp³-hybridized carbons (Fsp3) is 0.364. The second kappa shape index (κ2) is 4.22. The van der Waals surface area contributed by atoms with Crippen molar-refractivity contribution >= 4 is 23.3 Å². The highest BCUT2D eigenvalue weighted by Gasteiger charge is 2.28. The molecule has 5 heteroatoms. The van der Waals surface area contributed by atoms with Crippen molar-refractivity contribution in [2.24, 2.45) is 0 Å². The monoisotopic (exact) mass is 241 g/mol. The van der Waals surface area contributed by atoms with Crippen LogP contribution in [-0.2, 0) is 4.79 Å². The maximum Gasteiger partial charge on any atom is 0.307 e. The molecule has 2 atom stereocenters. The van der Waals surface area contributed by atoms with Crippen LogP contribution in [0.25, 0.3) is 0 Å². The SMILES string of the molecule is CC1Nc2cc(Cl)ccc2OC1CC(=O)O. The van der Waals surface area contributed by atoms with E-state index in [1.165, 1.54) is 0 Å². The third-order valence-electron chi connectivity index (χ3n) is 2.54. The molecule has 0 bridgehead atoms. The molecule has 0 amide bonds. The Bertz CT molecular complexity index is 422. The van der Waals surface area contributed by atoms with Crippen LogP contribution in [0.15, 0.2) is 18.2 Å². The van der Waals surface area contributed by atoms with E-state index >= 15 is 0 Å². The summed E-state index contributed by atoms with van der Waals surface area (Å²) in [6, 6.07) is 5.17. The van der Waals surface area contributed by atoms with E-state index in [1.54, 1.807) is 18.2 Å². The number of hydrogen-bond acceptors (Lipinski definition) is 3. The van der Waals surface area contributed by atoms with Crippen LogP contribution in [0.2, 0.25) is 5.02 Å². The van der Waals surface area contributed by atoms with Crippen LogP contribution in [-0.4, -0.2) is 23.2 Å². The minimum Gasteiger partial charge on any atom is -0.486 e. The van der Waals surface area contributed by atoms with Crippen molar-refractivity contribution in [2.45, 2.75) is 25.5 Å². The molecule has 0 saturated carbocycles. The molecule has 1 aliphatic heterocycles. The first-order valence-corrected chi connectivity index (χ1v) is 5.38. The topological polar surface area (TPSA) is 58.6 Å². The van der Waals surface area contributed by atoms with E-state index in [0.717, 1.165) is 5.69 Å². The van der Waals surface area contributed by atoms with Gasteiger partial charge in [0.15, 0.2) is 0 Å². The zero-order valence-corrected chi connectivity index (χ0v) is 9.49. The lowest BCUT2D eigenvalue weighted by atomic mass is 10.1. The first kappa shape index (κ1) is 11.1. The Morgan fingerprint density at radius 3 is 3.06 bits per heavy atom. The van der Waals surface area contributed by atoms with Gasteiger partial charge in [-0.1, -0.05) is 11.6 Å². The highest BCUT2D eigenvalue weighted by molar-refractivity contribution is 6.30. The summed E-state index contributed by atoms with van der Waals surface area (Å²) in [6.45, 7) is 1.89. The fourth-order valence-electron chi connectivity index (χ4n) is 1.71. The molecule has 1 heterocycles. The molecule has 0 radical (unpaired) electrons. The summed E-state index contributed by atoms with van der Waals surface area (Å²) in [5.41, 5.74) is 0.807. The van der Waals surface area contributed by atoms with E-state index in [4.69, 9.17) is 21.4 Å². The van der Waals surface area contributed by atoms with E-state index in [1.807, 2.05) is 6.92 Å². The number of carboxylic acids is 1. The van der Waals surface area contributed by atoms with Gasteiger partial charge in [0, 0.05) is 5.02 Å². The maximum atomic E-state index is 10.7. The summed E-state index contributed by atoms with van der Waals surface area (Å²) in [6.07, 6.45) is -0.373. The predicted octanol–water partition coefficient (Wildman–Crippen LogP) is 2.38. The van der Waals surface area contributed by atoms with E-state index in [-0.39, 0.29) is 18.6 Å².